The van der Waals surface area contributed by atoms with Crippen molar-refractivity contribution in [3.63, 3.8) is 0 Å². The number of nitrogens with one attached hydrogen (secondary N) is 1. The fourth-order valence-corrected chi connectivity index (χ4v) is 1.52. The number of aryl methyl sites for hydroxylation is 1. The van der Waals surface area contributed by atoms with Crippen LogP contribution >= 0.6 is 0 Å². The van der Waals surface area contributed by atoms with Gasteiger partial charge in [-0.2, -0.15) is 8.42 Å². The molecule has 2 N–H and O–H groups in total. The second kappa shape index (κ2) is 2.76. The van der Waals surface area contributed by atoms with Gasteiger partial charge in [0.15, 0.2) is 0 Å². The van der Waals surface area contributed by atoms with Gasteiger partial charge in [0.25, 0.3) is 10.1 Å². The van der Waals surface area contributed by atoms with E-state index in [4.69, 9.17) is 10.3 Å². The van der Waals surface area contributed by atoms with Gasteiger partial charge in [0.05, 0.1) is 5.69 Å². The Morgan fingerprint density at radius 2 is 2.00 bits per heavy atom. The first kappa shape index (κ1) is 9.02. The summed E-state index contributed by atoms with van der Waals surface area (Å²) in [5.74, 6) is 0. The topological polar surface area (TPSA) is 78.2 Å². The van der Waals surface area contributed by atoms with Crippen LogP contribution in [-0.2, 0) is 10.1 Å². The van der Waals surface area contributed by atoms with Crippen molar-refractivity contribution >= 4 is 15.8 Å². The molecule has 0 aliphatic rings. The zero-order chi connectivity index (χ0) is 9.35. The summed E-state index contributed by atoms with van der Waals surface area (Å²) in [4.78, 5) is -0.345. The highest BCUT2D eigenvalue weighted by Crippen LogP contribution is 2.19. The second-order valence-electron chi connectivity index (χ2n) is 2.47. The van der Waals surface area contributed by atoms with Crippen LogP contribution in [0.15, 0.2) is 23.1 Å². The lowest BCUT2D eigenvalue weighted by atomic mass is 10.2. The Balaban J connectivity index is 3.43. The second-order valence-corrected chi connectivity index (χ2v) is 3.86. The Kier molecular flexibility index (Phi) is 2.08. The summed E-state index contributed by atoms with van der Waals surface area (Å²) >= 11 is 0. The van der Waals surface area contributed by atoms with Crippen LogP contribution in [0.2, 0.25) is 0 Å². The lowest BCUT2D eigenvalue weighted by molar-refractivity contribution is 0.483. The Hall–Kier alpha value is -1.07. The van der Waals surface area contributed by atoms with E-state index in [0.717, 1.165) is 0 Å². The van der Waals surface area contributed by atoms with Crippen LogP contribution in [0.3, 0.4) is 0 Å². The summed E-state index contributed by atoms with van der Waals surface area (Å²) in [5.41, 5.74) is 7.69. The third-order valence-corrected chi connectivity index (χ3v) is 2.31. The average Bonchev–Trinajstić information content (AvgIpc) is 1.92. The summed E-state index contributed by atoms with van der Waals surface area (Å²) in [6, 6.07) is 4.20. The van der Waals surface area contributed by atoms with Crippen LogP contribution in [0.1, 0.15) is 5.56 Å². The molecule has 1 aromatic rings. The molecule has 0 aliphatic carbocycles. The standard InChI is InChI=1S/C7H8NO3S/c1-5-2-3-6(8)7(4-5)12(9,10)11/h2-4,8H,1H3,(H,9,10,11). The van der Waals surface area contributed by atoms with Crippen molar-refractivity contribution < 1.29 is 13.0 Å². The quantitative estimate of drug-likeness (QED) is 0.668. The van der Waals surface area contributed by atoms with Crippen LogP contribution in [0.4, 0.5) is 5.69 Å². The smallest absolute Gasteiger partial charge is 0.296 e. The third kappa shape index (κ3) is 1.75. The zero-order valence-electron chi connectivity index (χ0n) is 6.40. The summed E-state index contributed by atoms with van der Waals surface area (Å²) in [6.07, 6.45) is 0. The van der Waals surface area contributed by atoms with Crippen LogP contribution in [0.5, 0.6) is 0 Å². The van der Waals surface area contributed by atoms with E-state index in [-0.39, 0.29) is 10.6 Å². The summed E-state index contributed by atoms with van der Waals surface area (Å²) in [7, 11) is -4.24. The lowest BCUT2D eigenvalue weighted by Crippen LogP contribution is -1.99. The van der Waals surface area contributed by atoms with Crippen LogP contribution in [0, 0.1) is 6.92 Å². The summed E-state index contributed by atoms with van der Waals surface area (Å²) < 4.78 is 29.9. The molecule has 0 aliphatic heterocycles. The van der Waals surface area contributed by atoms with Gasteiger partial charge in [-0.05, 0) is 24.6 Å². The van der Waals surface area contributed by atoms with Crippen molar-refractivity contribution in [1.82, 2.24) is 5.73 Å². The molecule has 0 amide bonds. The highest BCUT2D eigenvalue weighted by atomic mass is 32.2. The molecule has 0 fully saturated rings. The normalized spacial score (nSPS) is 11.5. The van der Waals surface area contributed by atoms with Gasteiger partial charge in [-0.1, -0.05) is 6.07 Å². The predicted molar refractivity (Wildman–Crippen MR) is 43.8 cm³/mol. The Labute approximate surface area is 70.8 Å². The molecule has 12 heavy (non-hydrogen) atoms. The maximum absolute atomic E-state index is 10.6. The average molecular weight is 186 g/mol. The fourth-order valence-electron chi connectivity index (χ4n) is 0.843. The van der Waals surface area contributed by atoms with Crippen LogP contribution in [0.25, 0.3) is 0 Å². The van der Waals surface area contributed by atoms with Crippen molar-refractivity contribution in [3.05, 3.63) is 23.8 Å². The highest BCUT2D eigenvalue weighted by Gasteiger charge is 2.13. The molecule has 1 radical (unpaired) electrons. The number of rotatable bonds is 1. The highest BCUT2D eigenvalue weighted by molar-refractivity contribution is 7.86. The molecule has 4 nitrogen and oxygen atoms in total. The molecule has 65 valence electrons. The summed E-state index contributed by atoms with van der Waals surface area (Å²) in [5, 5.41) is 0. The Morgan fingerprint density at radius 3 is 2.42 bits per heavy atom. The van der Waals surface area contributed by atoms with E-state index in [1.54, 1.807) is 13.0 Å². The van der Waals surface area contributed by atoms with Crippen LogP contribution < -0.4 is 5.73 Å². The van der Waals surface area contributed by atoms with Gasteiger partial charge in [-0.25, -0.2) is 0 Å². The first-order valence-electron chi connectivity index (χ1n) is 3.21. The maximum atomic E-state index is 10.6. The summed E-state index contributed by atoms with van der Waals surface area (Å²) in [6.45, 7) is 1.69. The molecule has 0 atom stereocenters. The van der Waals surface area contributed by atoms with Crippen molar-refractivity contribution in [2.45, 2.75) is 11.8 Å². The van der Waals surface area contributed by atoms with E-state index < -0.39 is 10.1 Å². The lowest BCUT2D eigenvalue weighted by Gasteiger charge is -2.01. The van der Waals surface area contributed by atoms with Crippen molar-refractivity contribution in [3.8, 4) is 0 Å². The molecule has 5 heteroatoms. The fraction of sp³-hybridized carbons (Fsp3) is 0.143. The van der Waals surface area contributed by atoms with E-state index in [9.17, 15) is 8.42 Å². The first-order chi connectivity index (χ1) is 5.41. The van der Waals surface area contributed by atoms with E-state index >= 15 is 0 Å². The first-order valence-corrected chi connectivity index (χ1v) is 4.65. The van der Waals surface area contributed by atoms with E-state index in [1.807, 2.05) is 0 Å². The molecule has 0 unspecified atom stereocenters. The number of benzene rings is 1. The molecule has 0 aromatic heterocycles. The molecular weight excluding hydrogens is 178 g/mol. The molecule has 1 aromatic carbocycles. The van der Waals surface area contributed by atoms with Crippen molar-refractivity contribution in [2.24, 2.45) is 0 Å². The Bertz CT molecular complexity index is 397. The van der Waals surface area contributed by atoms with Gasteiger partial charge in [0.2, 0.25) is 0 Å². The number of hydrogen-bond acceptors (Lipinski definition) is 2. The minimum absolute atomic E-state index is 0.192. The SMILES string of the molecule is Cc1ccc([NH])c(S(=O)(=O)O)c1. The minimum Gasteiger partial charge on any atom is -0.299 e. The third-order valence-electron chi connectivity index (χ3n) is 1.42. The van der Waals surface area contributed by atoms with E-state index in [2.05, 4.69) is 0 Å². The zero-order valence-corrected chi connectivity index (χ0v) is 7.22. The molecule has 0 saturated carbocycles. The van der Waals surface area contributed by atoms with Gasteiger partial charge in [-0.3, -0.25) is 10.3 Å². The molecular formula is C7H8NO3S. The van der Waals surface area contributed by atoms with Gasteiger partial charge in [0.1, 0.15) is 4.90 Å². The number of hydrogen-bond donors (Lipinski definition) is 1. The maximum Gasteiger partial charge on any atom is 0.296 e. The van der Waals surface area contributed by atoms with Crippen LogP contribution in [-0.4, -0.2) is 13.0 Å². The van der Waals surface area contributed by atoms with E-state index in [0.29, 0.717) is 5.56 Å². The predicted octanol–water partition coefficient (Wildman–Crippen LogP) is 1.16. The minimum atomic E-state index is -4.24. The molecule has 0 saturated heterocycles. The van der Waals surface area contributed by atoms with Gasteiger partial charge < -0.3 is 0 Å². The van der Waals surface area contributed by atoms with Gasteiger partial charge in [-0.15, -0.1) is 0 Å². The largest absolute Gasteiger partial charge is 0.299 e. The molecule has 0 spiro atoms. The van der Waals surface area contributed by atoms with Gasteiger partial charge in [0, 0.05) is 0 Å². The van der Waals surface area contributed by atoms with Crippen molar-refractivity contribution in [1.29, 1.82) is 0 Å². The Morgan fingerprint density at radius 1 is 1.42 bits per heavy atom. The molecule has 1 rings (SSSR count). The molecule has 0 heterocycles. The monoisotopic (exact) mass is 186 g/mol. The molecule has 0 bridgehead atoms. The van der Waals surface area contributed by atoms with Crippen molar-refractivity contribution in [2.75, 3.05) is 0 Å². The van der Waals surface area contributed by atoms with Gasteiger partial charge >= 0.3 is 0 Å². The van der Waals surface area contributed by atoms with E-state index in [1.165, 1.54) is 12.1 Å².